The van der Waals surface area contributed by atoms with Crippen molar-refractivity contribution in [2.75, 3.05) is 19.6 Å². The Morgan fingerprint density at radius 1 is 1.48 bits per heavy atom. The van der Waals surface area contributed by atoms with Crippen LogP contribution in [-0.2, 0) is 11.3 Å². The van der Waals surface area contributed by atoms with Crippen LogP contribution in [0.1, 0.15) is 22.6 Å². The molecule has 7 heteroatoms. The van der Waals surface area contributed by atoms with Crippen molar-refractivity contribution in [1.82, 2.24) is 10.2 Å². The maximum Gasteiger partial charge on any atom is 0.405 e. The Morgan fingerprint density at radius 3 is 2.86 bits per heavy atom. The number of halogens is 3. The largest absolute Gasteiger partial charge is 0.405 e. The van der Waals surface area contributed by atoms with Gasteiger partial charge in [0.1, 0.15) is 6.54 Å². The fourth-order valence-corrected chi connectivity index (χ4v) is 3.47. The second-order valence-corrected chi connectivity index (χ2v) is 6.79. The number of thiophene rings is 1. The van der Waals surface area contributed by atoms with Crippen LogP contribution in [0.5, 0.6) is 0 Å². The lowest BCUT2D eigenvalue weighted by Gasteiger charge is -2.31. The molecule has 0 aromatic carbocycles. The Labute approximate surface area is 126 Å². The molecule has 0 saturated carbocycles. The summed E-state index contributed by atoms with van der Waals surface area (Å²) in [5, 5.41) is 1.99. The van der Waals surface area contributed by atoms with E-state index in [-0.39, 0.29) is 5.92 Å². The van der Waals surface area contributed by atoms with E-state index in [1.54, 1.807) is 11.3 Å². The molecule has 1 saturated heterocycles. The quantitative estimate of drug-likeness (QED) is 0.925. The summed E-state index contributed by atoms with van der Waals surface area (Å²) in [6.45, 7) is 2.98. The van der Waals surface area contributed by atoms with E-state index in [1.165, 1.54) is 9.75 Å². The van der Waals surface area contributed by atoms with E-state index in [4.69, 9.17) is 0 Å². The summed E-state index contributed by atoms with van der Waals surface area (Å²) in [6.07, 6.45) is -2.85. The molecule has 0 radical (unpaired) electrons. The number of piperidine rings is 1. The van der Waals surface area contributed by atoms with Crippen molar-refractivity contribution in [2.45, 2.75) is 32.5 Å². The summed E-state index contributed by atoms with van der Waals surface area (Å²) in [7, 11) is 0. The second-order valence-electron chi connectivity index (χ2n) is 5.42. The maximum absolute atomic E-state index is 12.1. The molecule has 0 unspecified atom stereocenters. The first-order valence-corrected chi connectivity index (χ1v) is 7.77. The number of amides is 1. The molecule has 1 aromatic heterocycles. The third kappa shape index (κ3) is 5.32. The van der Waals surface area contributed by atoms with Gasteiger partial charge in [0.15, 0.2) is 0 Å². The summed E-state index contributed by atoms with van der Waals surface area (Å²) < 4.78 is 36.4. The molecule has 1 aliphatic heterocycles. The van der Waals surface area contributed by atoms with E-state index in [1.807, 2.05) is 12.2 Å². The average Bonchev–Trinajstić information content (AvgIpc) is 2.81. The minimum absolute atomic E-state index is 0.345. The zero-order chi connectivity index (χ0) is 15.5. The second kappa shape index (κ2) is 6.79. The Morgan fingerprint density at radius 2 is 2.24 bits per heavy atom. The van der Waals surface area contributed by atoms with Crippen LogP contribution in [0.2, 0.25) is 0 Å². The number of alkyl halides is 3. The molecule has 0 bridgehead atoms. The Bertz CT molecular complexity index is 487. The predicted octanol–water partition coefficient (Wildman–Crippen LogP) is 2.95. The van der Waals surface area contributed by atoms with Crippen LogP contribution < -0.4 is 5.32 Å². The van der Waals surface area contributed by atoms with Gasteiger partial charge in [-0.2, -0.15) is 13.2 Å². The maximum atomic E-state index is 12.1. The normalized spacial score (nSPS) is 20.5. The van der Waals surface area contributed by atoms with Gasteiger partial charge in [-0.25, -0.2) is 0 Å². The zero-order valence-electron chi connectivity index (χ0n) is 11.9. The molecule has 1 N–H and O–H groups in total. The molecule has 1 amide bonds. The highest BCUT2D eigenvalue weighted by atomic mass is 32.1. The molecular formula is C14H19F3N2OS. The van der Waals surface area contributed by atoms with E-state index < -0.39 is 18.6 Å². The number of aryl methyl sites for hydroxylation is 1. The predicted molar refractivity (Wildman–Crippen MR) is 76.1 cm³/mol. The van der Waals surface area contributed by atoms with Crippen LogP contribution in [0, 0.1) is 12.8 Å². The van der Waals surface area contributed by atoms with Crippen LogP contribution in [0.3, 0.4) is 0 Å². The van der Waals surface area contributed by atoms with Crippen molar-refractivity contribution in [1.29, 1.82) is 0 Å². The van der Waals surface area contributed by atoms with Crippen LogP contribution in [0.15, 0.2) is 12.1 Å². The standard InChI is InChI=1S/C14H19F3N2OS/c1-10-4-5-12(21-10)8-19-6-2-3-11(7-19)13(20)18-9-14(15,16)17/h4-5,11H,2-3,6-9H2,1H3,(H,18,20)/t11-/m1/s1. The summed E-state index contributed by atoms with van der Waals surface area (Å²) in [5.74, 6) is -0.832. The van der Waals surface area contributed by atoms with E-state index in [9.17, 15) is 18.0 Å². The van der Waals surface area contributed by atoms with Gasteiger partial charge in [-0.3, -0.25) is 9.69 Å². The fraction of sp³-hybridized carbons (Fsp3) is 0.643. The van der Waals surface area contributed by atoms with Gasteiger partial charge >= 0.3 is 6.18 Å². The van der Waals surface area contributed by atoms with E-state index >= 15 is 0 Å². The van der Waals surface area contributed by atoms with Gasteiger partial charge in [0.05, 0.1) is 5.92 Å². The molecule has 3 nitrogen and oxygen atoms in total. The lowest BCUT2D eigenvalue weighted by molar-refractivity contribution is -0.141. The van der Waals surface area contributed by atoms with Gasteiger partial charge < -0.3 is 5.32 Å². The highest BCUT2D eigenvalue weighted by Gasteiger charge is 2.31. The van der Waals surface area contributed by atoms with Gasteiger partial charge in [-0.05, 0) is 38.4 Å². The minimum atomic E-state index is -4.35. The first-order valence-electron chi connectivity index (χ1n) is 6.95. The van der Waals surface area contributed by atoms with Crippen molar-refractivity contribution in [3.8, 4) is 0 Å². The van der Waals surface area contributed by atoms with Crippen molar-refractivity contribution in [2.24, 2.45) is 5.92 Å². The van der Waals surface area contributed by atoms with Crippen LogP contribution in [0.25, 0.3) is 0 Å². The van der Waals surface area contributed by atoms with E-state index in [0.29, 0.717) is 13.0 Å². The third-order valence-electron chi connectivity index (χ3n) is 3.51. The van der Waals surface area contributed by atoms with E-state index in [0.717, 1.165) is 19.5 Å². The molecule has 2 rings (SSSR count). The number of nitrogens with zero attached hydrogens (tertiary/aromatic N) is 1. The number of carbonyl (C=O) groups excluding carboxylic acids is 1. The van der Waals surface area contributed by atoms with Gasteiger partial charge in [0.2, 0.25) is 5.91 Å². The zero-order valence-corrected chi connectivity index (χ0v) is 12.7. The number of hydrogen-bond donors (Lipinski definition) is 1. The SMILES string of the molecule is Cc1ccc(CN2CCC[C@@H](C(=O)NCC(F)(F)F)C2)s1. The number of carbonyl (C=O) groups is 1. The molecule has 1 fully saturated rings. The summed E-state index contributed by atoms with van der Waals surface area (Å²) in [5.41, 5.74) is 0. The van der Waals surface area contributed by atoms with Crippen molar-refractivity contribution in [3.05, 3.63) is 21.9 Å². The molecular weight excluding hydrogens is 301 g/mol. The van der Waals surface area contributed by atoms with Crippen molar-refractivity contribution >= 4 is 17.2 Å². The number of rotatable bonds is 4. The molecule has 1 aromatic rings. The Hall–Kier alpha value is -1.08. The molecule has 1 atom stereocenters. The summed E-state index contributed by atoms with van der Waals surface area (Å²) in [6, 6.07) is 4.12. The minimum Gasteiger partial charge on any atom is -0.347 e. The Kier molecular flexibility index (Phi) is 5.27. The first-order chi connectivity index (χ1) is 9.83. The molecule has 118 valence electrons. The van der Waals surface area contributed by atoms with Crippen LogP contribution in [-0.4, -0.2) is 36.6 Å². The smallest absolute Gasteiger partial charge is 0.347 e. The molecule has 21 heavy (non-hydrogen) atoms. The highest BCUT2D eigenvalue weighted by molar-refractivity contribution is 7.11. The fourth-order valence-electron chi connectivity index (χ4n) is 2.54. The third-order valence-corrected chi connectivity index (χ3v) is 4.50. The topological polar surface area (TPSA) is 32.3 Å². The van der Waals surface area contributed by atoms with Gasteiger partial charge in [-0.1, -0.05) is 0 Å². The van der Waals surface area contributed by atoms with Crippen LogP contribution in [0.4, 0.5) is 13.2 Å². The van der Waals surface area contributed by atoms with Gasteiger partial charge in [-0.15, -0.1) is 11.3 Å². The molecule has 0 aliphatic carbocycles. The molecule has 2 heterocycles. The lowest BCUT2D eigenvalue weighted by Crippen LogP contribution is -2.44. The highest BCUT2D eigenvalue weighted by Crippen LogP contribution is 2.22. The molecule has 0 spiro atoms. The number of likely N-dealkylation sites (tertiary alicyclic amines) is 1. The number of hydrogen-bond acceptors (Lipinski definition) is 3. The monoisotopic (exact) mass is 320 g/mol. The van der Waals surface area contributed by atoms with Crippen molar-refractivity contribution in [3.63, 3.8) is 0 Å². The first kappa shape index (κ1) is 16.3. The molecule has 1 aliphatic rings. The van der Waals surface area contributed by atoms with E-state index in [2.05, 4.69) is 17.0 Å². The summed E-state index contributed by atoms with van der Waals surface area (Å²) in [4.78, 5) is 16.4. The Balaban J connectivity index is 1.84. The average molecular weight is 320 g/mol. The van der Waals surface area contributed by atoms with Crippen LogP contribution >= 0.6 is 11.3 Å². The number of nitrogens with one attached hydrogen (secondary N) is 1. The van der Waals surface area contributed by atoms with Gasteiger partial charge in [0, 0.05) is 22.8 Å². The van der Waals surface area contributed by atoms with Crippen molar-refractivity contribution < 1.29 is 18.0 Å². The lowest BCUT2D eigenvalue weighted by atomic mass is 9.97. The summed E-state index contributed by atoms with van der Waals surface area (Å²) >= 11 is 1.71. The van der Waals surface area contributed by atoms with Gasteiger partial charge in [0.25, 0.3) is 0 Å².